The topological polar surface area (TPSA) is 64.9 Å². The number of aliphatic imine (C=N–C) groups is 1. The van der Waals surface area contributed by atoms with Crippen LogP contribution in [0.3, 0.4) is 0 Å². The Morgan fingerprint density at radius 3 is 2.60 bits per heavy atom. The van der Waals surface area contributed by atoms with Crippen molar-refractivity contribution < 1.29 is 4.39 Å². The van der Waals surface area contributed by atoms with Crippen LogP contribution in [-0.4, -0.2) is 28.7 Å². The van der Waals surface area contributed by atoms with Gasteiger partial charge in [-0.2, -0.15) is 5.10 Å². The van der Waals surface area contributed by atoms with E-state index in [-0.39, 0.29) is 11.3 Å². The summed E-state index contributed by atoms with van der Waals surface area (Å²) < 4.78 is 14.7. The lowest BCUT2D eigenvalue weighted by atomic mass is 9.91. The van der Waals surface area contributed by atoms with Gasteiger partial charge < -0.3 is 0 Å². The normalized spacial score (nSPS) is 12.4. The number of H-pyrrole nitrogens is 1. The minimum absolute atomic E-state index is 0.181. The van der Waals surface area contributed by atoms with Gasteiger partial charge in [0.15, 0.2) is 0 Å². The van der Waals surface area contributed by atoms with E-state index < -0.39 is 5.82 Å². The maximum atomic E-state index is 14.7. The van der Waals surface area contributed by atoms with Crippen molar-refractivity contribution in [2.45, 2.75) is 13.8 Å². The van der Waals surface area contributed by atoms with Gasteiger partial charge in [0.25, 0.3) is 0 Å². The molecule has 5 heteroatoms. The average molecular weight is 334 g/mol. The first-order valence-electron chi connectivity index (χ1n) is 7.60. The van der Waals surface area contributed by atoms with Gasteiger partial charge >= 0.3 is 0 Å². The Morgan fingerprint density at radius 1 is 1.36 bits per heavy atom. The SMILES string of the molecule is C#Cc1cccc(/C(C)=C(/C(=NC)C(=N)C(=C)C)c2ccn[nH]2)c1F. The van der Waals surface area contributed by atoms with Crippen molar-refractivity contribution in [2.75, 3.05) is 7.05 Å². The number of allylic oxidation sites excluding steroid dienone is 3. The first-order valence-corrected chi connectivity index (χ1v) is 7.60. The second-order valence-corrected chi connectivity index (χ2v) is 5.51. The molecule has 0 aliphatic rings. The predicted molar refractivity (Wildman–Crippen MR) is 101 cm³/mol. The van der Waals surface area contributed by atoms with Crippen molar-refractivity contribution in [3.63, 3.8) is 0 Å². The molecule has 2 aromatic rings. The van der Waals surface area contributed by atoms with Gasteiger partial charge in [0.2, 0.25) is 0 Å². The summed E-state index contributed by atoms with van der Waals surface area (Å²) in [6, 6.07) is 6.65. The quantitative estimate of drug-likeness (QED) is 0.627. The zero-order valence-corrected chi connectivity index (χ0v) is 14.4. The van der Waals surface area contributed by atoms with Crippen molar-refractivity contribution in [1.29, 1.82) is 5.41 Å². The summed E-state index contributed by atoms with van der Waals surface area (Å²) in [5.74, 6) is 1.87. The molecular formula is C20H19FN4. The van der Waals surface area contributed by atoms with Crippen LogP contribution in [0.5, 0.6) is 0 Å². The lowest BCUT2D eigenvalue weighted by molar-refractivity contribution is 0.620. The van der Waals surface area contributed by atoms with E-state index in [1.165, 1.54) is 0 Å². The maximum Gasteiger partial charge on any atom is 0.146 e. The number of nitrogens with one attached hydrogen (secondary N) is 2. The summed E-state index contributed by atoms with van der Waals surface area (Å²) in [6.07, 6.45) is 6.96. The highest BCUT2D eigenvalue weighted by Gasteiger charge is 2.21. The average Bonchev–Trinajstić information content (AvgIpc) is 3.12. The van der Waals surface area contributed by atoms with Crippen molar-refractivity contribution in [2.24, 2.45) is 4.99 Å². The highest BCUT2D eigenvalue weighted by atomic mass is 19.1. The molecule has 0 saturated carbocycles. The van der Waals surface area contributed by atoms with Gasteiger partial charge in [-0.3, -0.25) is 15.5 Å². The van der Waals surface area contributed by atoms with E-state index in [1.54, 1.807) is 51.4 Å². The third-order valence-electron chi connectivity index (χ3n) is 3.83. The predicted octanol–water partition coefficient (Wildman–Crippen LogP) is 4.13. The number of hydrogen-bond donors (Lipinski definition) is 2. The van der Waals surface area contributed by atoms with Crippen LogP contribution in [0.15, 0.2) is 47.6 Å². The Labute approximate surface area is 146 Å². The maximum absolute atomic E-state index is 14.7. The molecule has 0 bridgehead atoms. The van der Waals surface area contributed by atoms with Crippen LogP contribution in [0.25, 0.3) is 11.1 Å². The smallest absolute Gasteiger partial charge is 0.146 e. The molecule has 4 nitrogen and oxygen atoms in total. The van der Waals surface area contributed by atoms with Crippen molar-refractivity contribution in [3.8, 4) is 12.3 Å². The van der Waals surface area contributed by atoms with E-state index >= 15 is 0 Å². The molecule has 0 fully saturated rings. The number of terminal acetylenes is 1. The summed E-state index contributed by atoms with van der Waals surface area (Å²) >= 11 is 0. The fraction of sp³-hybridized carbons (Fsp3) is 0.150. The second kappa shape index (κ2) is 7.54. The zero-order valence-electron chi connectivity index (χ0n) is 14.4. The number of aromatic amines is 1. The van der Waals surface area contributed by atoms with Gasteiger partial charge in [0.1, 0.15) is 5.82 Å². The molecule has 0 unspecified atom stereocenters. The number of aromatic nitrogens is 2. The van der Waals surface area contributed by atoms with Crippen molar-refractivity contribution in [3.05, 3.63) is 65.3 Å². The monoisotopic (exact) mass is 334 g/mol. The first-order chi connectivity index (χ1) is 11.9. The highest BCUT2D eigenvalue weighted by molar-refractivity contribution is 6.62. The van der Waals surface area contributed by atoms with E-state index in [9.17, 15) is 4.39 Å². The molecular weight excluding hydrogens is 315 g/mol. The van der Waals surface area contributed by atoms with Crippen LogP contribution in [0.1, 0.15) is 30.7 Å². The fourth-order valence-corrected chi connectivity index (χ4v) is 2.52. The molecule has 1 heterocycles. The molecule has 1 aromatic heterocycles. The number of rotatable bonds is 5. The third-order valence-corrected chi connectivity index (χ3v) is 3.83. The van der Waals surface area contributed by atoms with Gasteiger partial charge in [-0.25, -0.2) is 4.39 Å². The van der Waals surface area contributed by atoms with Crippen LogP contribution in [-0.2, 0) is 0 Å². The van der Waals surface area contributed by atoms with E-state index in [2.05, 4.69) is 27.7 Å². The molecule has 126 valence electrons. The number of hydrogen-bond acceptors (Lipinski definition) is 3. The standard InChI is InChI=1S/C20H19FN4/c1-6-14-8-7-9-15(18(14)21)13(4)17(16-10-11-24-25-16)20(23-5)19(22)12(2)3/h1,7-11,22H,2H2,3-5H3,(H,24,25)/b17-13+,22-19?,23-20?. The van der Waals surface area contributed by atoms with Crippen LogP contribution in [0.4, 0.5) is 4.39 Å². The van der Waals surface area contributed by atoms with Gasteiger partial charge in [0, 0.05) is 24.4 Å². The minimum atomic E-state index is -0.475. The van der Waals surface area contributed by atoms with Gasteiger partial charge in [0.05, 0.1) is 22.7 Å². The molecule has 2 rings (SSSR count). The molecule has 0 spiro atoms. The molecule has 2 N–H and O–H groups in total. The first kappa shape index (κ1) is 18.1. The number of halogens is 1. The summed E-state index contributed by atoms with van der Waals surface area (Å²) in [6.45, 7) is 7.31. The van der Waals surface area contributed by atoms with Gasteiger partial charge in [-0.15, -0.1) is 6.42 Å². The number of benzene rings is 1. The third kappa shape index (κ3) is 3.48. The largest absolute Gasteiger partial charge is 0.298 e. The Hall–Kier alpha value is -3.26. The molecule has 0 atom stereocenters. The molecule has 0 amide bonds. The Morgan fingerprint density at radius 2 is 2.08 bits per heavy atom. The highest BCUT2D eigenvalue weighted by Crippen LogP contribution is 2.30. The van der Waals surface area contributed by atoms with Crippen molar-refractivity contribution in [1.82, 2.24) is 10.2 Å². The molecule has 0 radical (unpaired) electrons. The van der Waals surface area contributed by atoms with E-state index in [0.29, 0.717) is 33.7 Å². The Bertz CT molecular complexity index is 925. The Kier molecular flexibility index (Phi) is 5.45. The molecule has 0 saturated heterocycles. The summed E-state index contributed by atoms with van der Waals surface area (Å²) in [5.41, 5.74) is 3.51. The van der Waals surface area contributed by atoms with Crippen molar-refractivity contribution >= 4 is 22.6 Å². The van der Waals surface area contributed by atoms with E-state index in [1.807, 2.05) is 0 Å². The molecule has 1 aromatic carbocycles. The van der Waals surface area contributed by atoms with Gasteiger partial charge in [-0.05, 0) is 37.1 Å². The van der Waals surface area contributed by atoms with E-state index in [0.717, 1.165) is 0 Å². The lowest BCUT2D eigenvalue weighted by Crippen LogP contribution is -2.17. The fourth-order valence-electron chi connectivity index (χ4n) is 2.52. The van der Waals surface area contributed by atoms with Gasteiger partial charge in [-0.1, -0.05) is 24.6 Å². The lowest BCUT2D eigenvalue weighted by Gasteiger charge is -2.16. The summed E-state index contributed by atoms with van der Waals surface area (Å²) in [5, 5.41) is 15.1. The molecule has 0 aliphatic carbocycles. The van der Waals surface area contributed by atoms with Crippen LogP contribution < -0.4 is 0 Å². The van der Waals surface area contributed by atoms with Crippen LogP contribution in [0, 0.1) is 23.6 Å². The second-order valence-electron chi connectivity index (χ2n) is 5.51. The number of nitrogens with zero attached hydrogens (tertiary/aromatic N) is 2. The molecule has 25 heavy (non-hydrogen) atoms. The minimum Gasteiger partial charge on any atom is -0.298 e. The Balaban J connectivity index is 2.80. The summed E-state index contributed by atoms with van der Waals surface area (Å²) in [7, 11) is 1.59. The van der Waals surface area contributed by atoms with Crippen LogP contribution in [0.2, 0.25) is 0 Å². The zero-order chi connectivity index (χ0) is 18.6. The van der Waals surface area contributed by atoms with Crippen LogP contribution >= 0.6 is 0 Å². The molecule has 0 aliphatic heterocycles. The summed E-state index contributed by atoms with van der Waals surface area (Å²) in [4.78, 5) is 4.25. The van der Waals surface area contributed by atoms with E-state index in [4.69, 9.17) is 11.8 Å².